The van der Waals surface area contributed by atoms with E-state index in [1.165, 1.54) is 19.4 Å². The van der Waals surface area contributed by atoms with Crippen molar-refractivity contribution in [3.63, 3.8) is 0 Å². The molecule has 3 nitrogen and oxygen atoms in total. The van der Waals surface area contributed by atoms with Crippen LogP contribution in [-0.4, -0.2) is 49.8 Å². The molecule has 1 fully saturated rings. The highest BCUT2D eigenvalue weighted by Gasteiger charge is 2.24. The molecular formula is C14H30N2O. The topological polar surface area (TPSA) is 24.5 Å². The number of hydrogen-bond donors (Lipinski definition) is 1. The summed E-state index contributed by atoms with van der Waals surface area (Å²) in [7, 11) is 1.83. The van der Waals surface area contributed by atoms with Gasteiger partial charge in [-0.05, 0) is 32.6 Å². The Morgan fingerprint density at radius 3 is 2.59 bits per heavy atom. The monoisotopic (exact) mass is 242 g/mol. The minimum atomic E-state index is 0.476. The Hall–Kier alpha value is -0.120. The van der Waals surface area contributed by atoms with Crippen LogP contribution in [0.2, 0.25) is 0 Å². The summed E-state index contributed by atoms with van der Waals surface area (Å²) in [6.07, 6.45) is 2.83. The first kappa shape index (κ1) is 14.9. The standard InChI is InChI=1S/C14H30N2O/c1-11(2)13(4)15-7-9-16-8-6-14(17-5)10-12(16)3/h11-15H,6-10H2,1-5H3. The molecule has 17 heavy (non-hydrogen) atoms. The second-order valence-electron chi connectivity index (χ2n) is 5.75. The van der Waals surface area contributed by atoms with Gasteiger partial charge in [-0.25, -0.2) is 0 Å². The fourth-order valence-electron chi connectivity index (χ4n) is 2.40. The molecule has 1 aliphatic heterocycles. The number of nitrogens with zero attached hydrogens (tertiary/aromatic N) is 1. The van der Waals surface area contributed by atoms with E-state index in [1.54, 1.807) is 0 Å². The lowest BCUT2D eigenvalue weighted by Gasteiger charge is -2.37. The molecule has 3 atom stereocenters. The molecule has 0 aromatic heterocycles. The smallest absolute Gasteiger partial charge is 0.0598 e. The Morgan fingerprint density at radius 1 is 1.35 bits per heavy atom. The highest BCUT2D eigenvalue weighted by atomic mass is 16.5. The number of rotatable bonds is 6. The number of piperidine rings is 1. The Bertz CT molecular complexity index is 208. The van der Waals surface area contributed by atoms with Gasteiger partial charge in [0.05, 0.1) is 6.10 Å². The van der Waals surface area contributed by atoms with Gasteiger partial charge in [0.2, 0.25) is 0 Å². The number of methoxy groups -OCH3 is 1. The summed E-state index contributed by atoms with van der Waals surface area (Å²) in [5.41, 5.74) is 0. The number of nitrogens with one attached hydrogen (secondary N) is 1. The van der Waals surface area contributed by atoms with Gasteiger partial charge in [-0.1, -0.05) is 13.8 Å². The van der Waals surface area contributed by atoms with Crippen LogP contribution in [0.5, 0.6) is 0 Å². The first-order valence-corrected chi connectivity index (χ1v) is 7.04. The van der Waals surface area contributed by atoms with Crippen molar-refractivity contribution in [2.45, 2.75) is 58.7 Å². The van der Waals surface area contributed by atoms with Crippen LogP contribution in [0, 0.1) is 5.92 Å². The zero-order valence-electron chi connectivity index (χ0n) is 12.2. The van der Waals surface area contributed by atoms with Crippen LogP contribution < -0.4 is 5.32 Å². The molecule has 102 valence electrons. The molecule has 0 bridgehead atoms. The van der Waals surface area contributed by atoms with Gasteiger partial charge in [0.25, 0.3) is 0 Å². The molecule has 0 amide bonds. The molecule has 0 aromatic carbocycles. The maximum atomic E-state index is 5.44. The van der Waals surface area contributed by atoms with Crippen molar-refractivity contribution < 1.29 is 4.74 Å². The summed E-state index contributed by atoms with van der Waals surface area (Å²) in [5, 5.41) is 3.60. The second kappa shape index (κ2) is 7.34. The zero-order chi connectivity index (χ0) is 12.8. The van der Waals surface area contributed by atoms with Crippen LogP contribution in [0.1, 0.15) is 40.5 Å². The minimum absolute atomic E-state index is 0.476. The molecule has 1 aliphatic rings. The predicted molar refractivity (Wildman–Crippen MR) is 73.4 cm³/mol. The Balaban J connectivity index is 2.19. The van der Waals surface area contributed by atoms with Gasteiger partial charge in [0, 0.05) is 38.8 Å². The van der Waals surface area contributed by atoms with Crippen LogP contribution in [0.4, 0.5) is 0 Å². The predicted octanol–water partition coefficient (Wildman–Crippen LogP) is 2.12. The number of likely N-dealkylation sites (tertiary alicyclic amines) is 1. The van der Waals surface area contributed by atoms with E-state index < -0.39 is 0 Å². The maximum absolute atomic E-state index is 5.44. The summed E-state index contributed by atoms with van der Waals surface area (Å²) < 4.78 is 5.44. The van der Waals surface area contributed by atoms with E-state index >= 15 is 0 Å². The first-order valence-electron chi connectivity index (χ1n) is 7.04. The fraction of sp³-hybridized carbons (Fsp3) is 1.00. The largest absolute Gasteiger partial charge is 0.381 e. The van der Waals surface area contributed by atoms with Crippen molar-refractivity contribution in [2.24, 2.45) is 5.92 Å². The number of hydrogen-bond acceptors (Lipinski definition) is 3. The van der Waals surface area contributed by atoms with Crippen LogP contribution in [0.3, 0.4) is 0 Å². The molecule has 1 N–H and O–H groups in total. The third-order valence-corrected chi connectivity index (χ3v) is 4.16. The van der Waals surface area contributed by atoms with E-state index in [-0.39, 0.29) is 0 Å². The Labute approximate surface area is 107 Å². The summed E-state index contributed by atoms with van der Waals surface area (Å²) in [6.45, 7) is 12.6. The highest BCUT2D eigenvalue weighted by Crippen LogP contribution is 2.18. The van der Waals surface area contributed by atoms with Gasteiger partial charge < -0.3 is 10.1 Å². The lowest BCUT2D eigenvalue weighted by Crippen LogP contribution is -2.47. The second-order valence-corrected chi connectivity index (χ2v) is 5.75. The lowest BCUT2D eigenvalue weighted by atomic mass is 10.0. The average Bonchev–Trinajstić information content (AvgIpc) is 2.30. The quantitative estimate of drug-likeness (QED) is 0.772. The molecular weight excluding hydrogens is 212 g/mol. The summed E-state index contributed by atoms with van der Waals surface area (Å²) in [5.74, 6) is 0.714. The summed E-state index contributed by atoms with van der Waals surface area (Å²) in [6, 6.07) is 1.27. The van der Waals surface area contributed by atoms with E-state index in [0.29, 0.717) is 24.1 Å². The molecule has 0 saturated carbocycles. The summed E-state index contributed by atoms with van der Waals surface area (Å²) >= 11 is 0. The van der Waals surface area contributed by atoms with Crippen LogP contribution in [0.15, 0.2) is 0 Å². The lowest BCUT2D eigenvalue weighted by molar-refractivity contribution is 0.0162. The molecule has 3 unspecified atom stereocenters. The van der Waals surface area contributed by atoms with Gasteiger partial charge in [0.1, 0.15) is 0 Å². The molecule has 1 saturated heterocycles. The molecule has 3 heteroatoms. The third-order valence-electron chi connectivity index (χ3n) is 4.16. The fourth-order valence-corrected chi connectivity index (χ4v) is 2.40. The highest BCUT2D eigenvalue weighted by molar-refractivity contribution is 4.80. The van der Waals surface area contributed by atoms with E-state index in [2.05, 4.69) is 37.9 Å². The third kappa shape index (κ3) is 4.94. The zero-order valence-corrected chi connectivity index (χ0v) is 12.2. The minimum Gasteiger partial charge on any atom is -0.381 e. The van der Waals surface area contributed by atoms with Crippen molar-refractivity contribution in [3.05, 3.63) is 0 Å². The Kier molecular flexibility index (Phi) is 6.45. The van der Waals surface area contributed by atoms with Gasteiger partial charge in [0.15, 0.2) is 0 Å². The van der Waals surface area contributed by atoms with Crippen molar-refractivity contribution >= 4 is 0 Å². The van der Waals surface area contributed by atoms with Crippen molar-refractivity contribution in [3.8, 4) is 0 Å². The SMILES string of the molecule is COC1CCN(CCNC(C)C(C)C)C(C)C1. The molecule has 0 spiro atoms. The van der Waals surface area contributed by atoms with Gasteiger partial charge in [-0.15, -0.1) is 0 Å². The molecule has 1 rings (SSSR count). The number of ether oxygens (including phenoxy) is 1. The van der Waals surface area contributed by atoms with Crippen molar-refractivity contribution in [1.29, 1.82) is 0 Å². The van der Waals surface area contributed by atoms with E-state index in [9.17, 15) is 0 Å². The first-order chi connectivity index (χ1) is 8.04. The van der Waals surface area contributed by atoms with E-state index in [4.69, 9.17) is 4.74 Å². The molecule has 1 heterocycles. The van der Waals surface area contributed by atoms with Gasteiger partial charge in [-0.2, -0.15) is 0 Å². The van der Waals surface area contributed by atoms with Gasteiger partial charge >= 0.3 is 0 Å². The average molecular weight is 242 g/mol. The normalized spacial score (nSPS) is 28.6. The van der Waals surface area contributed by atoms with Crippen LogP contribution in [0.25, 0.3) is 0 Å². The maximum Gasteiger partial charge on any atom is 0.0598 e. The Morgan fingerprint density at radius 2 is 2.06 bits per heavy atom. The van der Waals surface area contributed by atoms with Crippen LogP contribution >= 0.6 is 0 Å². The molecule has 0 aliphatic carbocycles. The van der Waals surface area contributed by atoms with Crippen molar-refractivity contribution in [2.75, 3.05) is 26.7 Å². The van der Waals surface area contributed by atoms with E-state index in [0.717, 1.165) is 13.1 Å². The van der Waals surface area contributed by atoms with Crippen molar-refractivity contribution in [1.82, 2.24) is 10.2 Å². The van der Waals surface area contributed by atoms with Gasteiger partial charge in [-0.3, -0.25) is 4.90 Å². The molecule has 0 aromatic rings. The van der Waals surface area contributed by atoms with E-state index in [1.807, 2.05) is 7.11 Å². The summed E-state index contributed by atoms with van der Waals surface area (Å²) in [4.78, 5) is 2.58. The van der Waals surface area contributed by atoms with Crippen LogP contribution in [-0.2, 0) is 4.74 Å². The molecule has 0 radical (unpaired) electrons.